The molecule has 2 aromatic rings. The van der Waals surface area contributed by atoms with Crippen LogP contribution in [0.5, 0.6) is 0 Å². The SMILES string of the molecule is CCCCNC(=O)[C@H](C)N(Cc1ccccc1)C(=O)Cc1cc(C)ccc1C. The molecule has 0 saturated heterocycles. The fraction of sp³-hybridized carbons (Fsp3) is 0.417. The predicted molar refractivity (Wildman–Crippen MR) is 114 cm³/mol. The Bertz CT molecular complexity index is 786. The number of aryl methyl sites for hydroxylation is 2. The number of unbranched alkanes of at least 4 members (excludes halogenated alkanes) is 1. The van der Waals surface area contributed by atoms with E-state index in [0.717, 1.165) is 35.1 Å². The molecule has 1 N–H and O–H groups in total. The Labute approximate surface area is 169 Å². The lowest BCUT2D eigenvalue weighted by atomic mass is 10.0. The van der Waals surface area contributed by atoms with Gasteiger partial charge in [0.2, 0.25) is 11.8 Å². The molecule has 0 saturated carbocycles. The predicted octanol–water partition coefficient (Wildman–Crippen LogP) is 4.18. The molecular formula is C24H32N2O2. The van der Waals surface area contributed by atoms with Crippen molar-refractivity contribution >= 4 is 11.8 Å². The first-order valence-electron chi connectivity index (χ1n) is 10.1. The van der Waals surface area contributed by atoms with Crippen LogP contribution in [0, 0.1) is 13.8 Å². The Kier molecular flexibility index (Phi) is 8.24. The van der Waals surface area contributed by atoms with Crippen molar-refractivity contribution < 1.29 is 9.59 Å². The van der Waals surface area contributed by atoms with Crippen LogP contribution in [0.25, 0.3) is 0 Å². The first kappa shape index (κ1) is 21.7. The van der Waals surface area contributed by atoms with Crippen LogP contribution < -0.4 is 5.32 Å². The van der Waals surface area contributed by atoms with Gasteiger partial charge in [-0.2, -0.15) is 0 Å². The second-order valence-corrected chi connectivity index (χ2v) is 7.43. The Balaban J connectivity index is 2.19. The number of hydrogen-bond donors (Lipinski definition) is 1. The van der Waals surface area contributed by atoms with Gasteiger partial charge in [0.05, 0.1) is 6.42 Å². The van der Waals surface area contributed by atoms with E-state index in [2.05, 4.69) is 24.4 Å². The highest BCUT2D eigenvalue weighted by Gasteiger charge is 2.26. The zero-order chi connectivity index (χ0) is 20.5. The van der Waals surface area contributed by atoms with E-state index >= 15 is 0 Å². The fourth-order valence-electron chi connectivity index (χ4n) is 3.15. The molecule has 0 heterocycles. The molecule has 0 unspecified atom stereocenters. The highest BCUT2D eigenvalue weighted by atomic mass is 16.2. The average molecular weight is 381 g/mol. The van der Waals surface area contributed by atoms with Crippen molar-refractivity contribution in [1.29, 1.82) is 0 Å². The average Bonchev–Trinajstić information content (AvgIpc) is 2.69. The molecule has 0 radical (unpaired) electrons. The van der Waals surface area contributed by atoms with Gasteiger partial charge in [-0.15, -0.1) is 0 Å². The van der Waals surface area contributed by atoms with Crippen molar-refractivity contribution in [3.63, 3.8) is 0 Å². The van der Waals surface area contributed by atoms with Gasteiger partial charge in [-0.3, -0.25) is 9.59 Å². The molecule has 150 valence electrons. The third-order valence-electron chi connectivity index (χ3n) is 5.04. The molecule has 0 aliphatic rings. The first-order chi connectivity index (χ1) is 13.4. The molecule has 1 atom stereocenters. The largest absolute Gasteiger partial charge is 0.354 e. The molecule has 2 aromatic carbocycles. The summed E-state index contributed by atoms with van der Waals surface area (Å²) in [5.74, 6) is -0.130. The lowest BCUT2D eigenvalue weighted by molar-refractivity contribution is -0.140. The van der Waals surface area contributed by atoms with E-state index in [4.69, 9.17) is 0 Å². The fourth-order valence-corrected chi connectivity index (χ4v) is 3.15. The summed E-state index contributed by atoms with van der Waals surface area (Å²) in [5.41, 5.74) is 4.26. The third kappa shape index (κ3) is 6.22. The van der Waals surface area contributed by atoms with Crippen LogP contribution in [0.15, 0.2) is 48.5 Å². The molecule has 4 nitrogen and oxygen atoms in total. The summed E-state index contributed by atoms with van der Waals surface area (Å²) < 4.78 is 0. The Morgan fingerprint density at radius 3 is 2.46 bits per heavy atom. The van der Waals surface area contributed by atoms with E-state index in [1.807, 2.05) is 57.2 Å². The highest BCUT2D eigenvalue weighted by Crippen LogP contribution is 2.16. The van der Waals surface area contributed by atoms with Crippen LogP contribution >= 0.6 is 0 Å². The van der Waals surface area contributed by atoms with E-state index in [-0.39, 0.29) is 11.8 Å². The van der Waals surface area contributed by atoms with Gasteiger partial charge in [-0.25, -0.2) is 0 Å². The van der Waals surface area contributed by atoms with E-state index in [9.17, 15) is 9.59 Å². The Morgan fingerprint density at radius 2 is 1.79 bits per heavy atom. The summed E-state index contributed by atoms with van der Waals surface area (Å²) in [6.07, 6.45) is 2.26. The minimum absolute atomic E-state index is 0.0318. The van der Waals surface area contributed by atoms with Crippen LogP contribution in [-0.4, -0.2) is 29.3 Å². The topological polar surface area (TPSA) is 49.4 Å². The summed E-state index contributed by atoms with van der Waals surface area (Å²) in [7, 11) is 0. The van der Waals surface area contributed by atoms with Crippen molar-refractivity contribution in [1.82, 2.24) is 10.2 Å². The van der Waals surface area contributed by atoms with Crippen LogP contribution in [0.3, 0.4) is 0 Å². The molecule has 0 spiro atoms. The lowest BCUT2D eigenvalue weighted by Crippen LogP contribution is -2.48. The Hall–Kier alpha value is -2.62. The van der Waals surface area contributed by atoms with Gasteiger partial charge in [-0.05, 0) is 43.9 Å². The van der Waals surface area contributed by atoms with E-state index < -0.39 is 6.04 Å². The van der Waals surface area contributed by atoms with Crippen molar-refractivity contribution in [2.45, 2.75) is 59.5 Å². The zero-order valence-electron chi connectivity index (χ0n) is 17.5. The maximum Gasteiger partial charge on any atom is 0.242 e. The lowest BCUT2D eigenvalue weighted by Gasteiger charge is -2.29. The van der Waals surface area contributed by atoms with Gasteiger partial charge in [0, 0.05) is 13.1 Å². The number of carbonyl (C=O) groups is 2. The van der Waals surface area contributed by atoms with Gasteiger partial charge in [0.15, 0.2) is 0 Å². The Morgan fingerprint density at radius 1 is 1.07 bits per heavy atom. The minimum Gasteiger partial charge on any atom is -0.354 e. The summed E-state index contributed by atoms with van der Waals surface area (Å²) in [4.78, 5) is 27.5. The number of carbonyl (C=O) groups excluding carboxylic acids is 2. The summed E-state index contributed by atoms with van der Waals surface area (Å²) in [6, 6.07) is 15.5. The number of nitrogens with zero attached hydrogens (tertiary/aromatic N) is 1. The van der Waals surface area contributed by atoms with Crippen LogP contribution in [0.1, 0.15) is 48.9 Å². The van der Waals surface area contributed by atoms with Gasteiger partial charge in [-0.1, -0.05) is 67.4 Å². The maximum absolute atomic E-state index is 13.2. The van der Waals surface area contributed by atoms with Gasteiger partial charge < -0.3 is 10.2 Å². The maximum atomic E-state index is 13.2. The van der Waals surface area contributed by atoms with Crippen molar-refractivity contribution in [3.05, 3.63) is 70.8 Å². The molecule has 0 aromatic heterocycles. The molecule has 0 fully saturated rings. The molecule has 28 heavy (non-hydrogen) atoms. The number of amides is 2. The van der Waals surface area contributed by atoms with E-state index in [1.54, 1.807) is 4.90 Å². The van der Waals surface area contributed by atoms with Crippen molar-refractivity contribution in [2.75, 3.05) is 6.54 Å². The number of hydrogen-bond acceptors (Lipinski definition) is 2. The first-order valence-corrected chi connectivity index (χ1v) is 10.1. The number of rotatable bonds is 9. The summed E-state index contributed by atoms with van der Waals surface area (Å²) in [5, 5.41) is 2.96. The molecule has 2 rings (SSSR count). The summed E-state index contributed by atoms with van der Waals surface area (Å²) in [6.45, 7) is 9.01. The van der Waals surface area contributed by atoms with Gasteiger partial charge in [0.25, 0.3) is 0 Å². The number of nitrogens with one attached hydrogen (secondary N) is 1. The van der Waals surface area contributed by atoms with Gasteiger partial charge >= 0.3 is 0 Å². The normalized spacial score (nSPS) is 11.7. The van der Waals surface area contributed by atoms with Crippen LogP contribution in [-0.2, 0) is 22.6 Å². The van der Waals surface area contributed by atoms with E-state index in [0.29, 0.717) is 19.5 Å². The van der Waals surface area contributed by atoms with Crippen molar-refractivity contribution in [3.8, 4) is 0 Å². The van der Waals surface area contributed by atoms with Crippen LogP contribution in [0.2, 0.25) is 0 Å². The van der Waals surface area contributed by atoms with Crippen molar-refractivity contribution in [2.24, 2.45) is 0 Å². The number of benzene rings is 2. The molecular weight excluding hydrogens is 348 g/mol. The molecule has 0 aliphatic heterocycles. The molecule has 0 bridgehead atoms. The summed E-state index contributed by atoms with van der Waals surface area (Å²) >= 11 is 0. The van der Waals surface area contributed by atoms with E-state index in [1.165, 1.54) is 0 Å². The standard InChI is InChI=1S/C24H32N2O2/c1-5-6-14-25-24(28)20(4)26(17-21-10-8-7-9-11-21)23(27)16-22-15-18(2)12-13-19(22)3/h7-13,15,20H,5-6,14,16-17H2,1-4H3,(H,25,28)/t20-/m0/s1. The quantitative estimate of drug-likeness (QED) is 0.664. The molecule has 4 heteroatoms. The second kappa shape index (κ2) is 10.6. The minimum atomic E-state index is -0.519. The van der Waals surface area contributed by atoms with Crippen LogP contribution in [0.4, 0.5) is 0 Å². The zero-order valence-corrected chi connectivity index (χ0v) is 17.5. The smallest absolute Gasteiger partial charge is 0.242 e. The van der Waals surface area contributed by atoms with Gasteiger partial charge in [0.1, 0.15) is 6.04 Å². The highest BCUT2D eigenvalue weighted by molar-refractivity contribution is 5.88. The molecule has 0 aliphatic carbocycles. The molecule has 2 amide bonds. The monoisotopic (exact) mass is 380 g/mol. The second-order valence-electron chi connectivity index (χ2n) is 7.43. The third-order valence-corrected chi connectivity index (χ3v) is 5.04.